The van der Waals surface area contributed by atoms with Crippen LogP contribution in [0.3, 0.4) is 0 Å². The van der Waals surface area contributed by atoms with Crippen LogP contribution in [-0.2, 0) is 0 Å². The summed E-state index contributed by atoms with van der Waals surface area (Å²) in [5, 5.41) is 24.7. The van der Waals surface area contributed by atoms with Gasteiger partial charge in [-0.25, -0.2) is 0 Å². The molecule has 2 aliphatic heterocycles. The number of likely N-dealkylation sites (N-methyl/N-ethyl adjacent to an activating group) is 1. The van der Waals surface area contributed by atoms with Crippen LogP contribution in [0.25, 0.3) is 23.3 Å². The summed E-state index contributed by atoms with van der Waals surface area (Å²) >= 11 is 12.5. The lowest BCUT2D eigenvalue weighted by molar-refractivity contribution is 0.125. The molecular formula is C40H46Cl2N6O2. The lowest BCUT2D eigenvalue weighted by Crippen LogP contribution is -2.46. The monoisotopic (exact) mass is 712 g/mol. The van der Waals surface area contributed by atoms with Crippen molar-refractivity contribution in [2.75, 3.05) is 72.6 Å². The second-order valence-corrected chi connectivity index (χ2v) is 13.9. The Morgan fingerprint density at radius 1 is 0.680 bits per heavy atom. The first-order valence-corrected chi connectivity index (χ1v) is 17.7. The average molecular weight is 714 g/mol. The predicted molar refractivity (Wildman–Crippen MR) is 205 cm³/mol. The van der Waals surface area contributed by atoms with Crippen LogP contribution in [-0.4, -0.2) is 108 Å². The molecule has 2 unspecified atom stereocenters. The van der Waals surface area contributed by atoms with Crippen LogP contribution in [0.2, 0.25) is 10.0 Å². The summed E-state index contributed by atoms with van der Waals surface area (Å²) in [6, 6.07) is 20.2. The molecule has 4 aliphatic rings. The standard InChI is InChI=1S/C20H22ClN3O.C19H20ClN3O.CH4/c1-23-7-9-24(10-8-23)20-18-5-4-16(21)12-14(18)11-15(13-25)17-3-2-6-22-19(17)20;20-15-3-4-17-13(11-15)10-14(12-24)16-2-1-5-22-18(16)19(17)23-8-6-21-7-9-23;/h2-6,11-12,20,25H,7-10,13H2,1H3;1-5,10-11,19,21,24H,6-9,12H2;1H4. The van der Waals surface area contributed by atoms with Gasteiger partial charge in [-0.3, -0.25) is 19.8 Å². The maximum absolute atomic E-state index is 9.94. The Morgan fingerprint density at radius 2 is 1.14 bits per heavy atom. The molecule has 8 rings (SSSR count). The number of piperazine rings is 2. The van der Waals surface area contributed by atoms with Gasteiger partial charge in [0, 0.05) is 85.9 Å². The largest absolute Gasteiger partial charge is 0.392 e. The number of rotatable bonds is 4. The highest BCUT2D eigenvalue weighted by molar-refractivity contribution is 6.31. The van der Waals surface area contributed by atoms with Gasteiger partial charge in [0.1, 0.15) is 0 Å². The van der Waals surface area contributed by atoms with Gasteiger partial charge >= 0.3 is 0 Å². The average Bonchev–Trinajstić information content (AvgIpc) is 3.36. The minimum absolute atomic E-state index is 0. The van der Waals surface area contributed by atoms with Crippen LogP contribution in [0.4, 0.5) is 0 Å². The highest BCUT2D eigenvalue weighted by Gasteiger charge is 2.33. The van der Waals surface area contributed by atoms with E-state index in [1.54, 1.807) is 0 Å². The molecule has 262 valence electrons. The van der Waals surface area contributed by atoms with E-state index in [9.17, 15) is 10.2 Å². The van der Waals surface area contributed by atoms with Gasteiger partial charge in [-0.1, -0.05) is 54.9 Å². The lowest BCUT2D eigenvalue weighted by atomic mass is 9.95. The van der Waals surface area contributed by atoms with Crippen molar-refractivity contribution in [3.8, 4) is 0 Å². The van der Waals surface area contributed by atoms with Crippen LogP contribution in [0.15, 0.2) is 73.1 Å². The van der Waals surface area contributed by atoms with E-state index >= 15 is 0 Å². The molecule has 10 heteroatoms. The van der Waals surface area contributed by atoms with Gasteiger partial charge in [-0.15, -0.1) is 0 Å². The molecule has 2 aromatic carbocycles. The lowest BCUT2D eigenvalue weighted by Gasteiger charge is -2.38. The summed E-state index contributed by atoms with van der Waals surface area (Å²) in [5.74, 6) is 0. The van der Waals surface area contributed by atoms with Crippen molar-refractivity contribution in [2.24, 2.45) is 0 Å². The zero-order valence-corrected chi connectivity index (χ0v) is 29.2. The third kappa shape index (κ3) is 7.45. The zero-order valence-electron chi connectivity index (χ0n) is 27.7. The van der Waals surface area contributed by atoms with Gasteiger partial charge in [-0.2, -0.15) is 0 Å². The number of fused-ring (bicyclic) bond motifs is 4. The normalized spacial score (nSPS) is 20.6. The van der Waals surface area contributed by atoms with Gasteiger partial charge < -0.3 is 20.4 Å². The van der Waals surface area contributed by atoms with Crippen molar-refractivity contribution >= 4 is 46.5 Å². The number of hydrogen-bond donors (Lipinski definition) is 3. The third-order valence-corrected chi connectivity index (χ3v) is 10.5. The molecule has 0 radical (unpaired) electrons. The smallest absolute Gasteiger partial charge is 0.0789 e. The van der Waals surface area contributed by atoms with E-state index in [1.807, 2.05) is 60.9 Å². The van der Waals surface area contributed by atoms with Gasteiger partial charge in [0.15, 0.2) is 0 Å². The van der Waals surface area contributed by atoms with E-state index in [1.165, 1.54) is 11.1 Å². The summed E-state index contributed by atoms with van der Waals surface area (Å²) in [6.45, 7) is 7.93. The van der Waals surface area contributed by atoms with Crippen LogP contribution in [0, 0.1) is 0 Å². The zero-order chi connectivity index (χ0) is 33.9. The Labute approximate surface area is 305 Å². The molecule has 0 bridgehead atoms. The molecule has 0 spiro atoms. The predicted octanol–water partition coefficient (Wildman–Crippen LogP) is 6.13. The van der Waals surface area contributed by atoms with E-state index in [4.69, 9.17) is 33.2 Å². The summed E-state index contributed by atoms with van der Waals surface area (Å²) in [6.07, 6.45) is 7.78. The molecule has 4 aromatic rings. The maximum Gasteiger partial charge on any atom is 0.0789 e. The van der Waals surface area contributed by atoms with Crippen LogP contribution < -0.4 is 5.32 Å². The fourth-order valence-corrected chi connectivity index (χ4v) is 7.86. The van der Waals surface area contributed by atoms with Crippen molar-refractivity contribution in [1.29, 1.82) is 0 Å². The minimum atomic E-state index is -0.0150. The molecule has 2 aromatic heterocycles. The van der Waals surface area contributed by atoms with E-state index < -0.39 is 0 Å². The Balaban J connectivity index is 0.000000170. The summed E-state index contributed by atoms with van der Waals surface area (Å²) in [7, 11) is 2.16. The highest BCUT2D eigenvalue weighted by Crippen LogP contribution is 2.41. The van der Waals surface area contributed by atoms with E-state index in [2.05, 4.69) is 51.3 Å². The van der Waals surface area contributed by atoms with Gasteiger partial charge in [0.05, 0.1) is 36.7 Å². The van der Waals surface area contributed by atoms with Crippen molar-refractivity contribution in [3.05, 3.63) is 128 Å². The molecule has 0 saturated carbocycles. The van der Waals surface area contributed by atoms with Crippen molar-refractivity contribution < 1.29 is 10.2 Å². The molecule has 8 nitrogen and oxygen atoms in total. The molecule has 0 amide bonds. The second-order valence-electron chi connectivity index (χ2n) is 13.0. The Kier molecular flexibility index (Phi) is 11.8. The first-order chi connectivity index (χ1) is 23.9. The number of nitrogens with one attached hydrogen (secondary N) is 1. The summed E-state index contributed by atoms with van der Waals surface area (Å²) < 4.78 is 0. The first-order valence-electron chi connectivity index (χ1n) is 16.9. The quantitative estimate of drug-likeness (QED) is 0.233. The maximum atomic E-state index is 9.94. The number of aromatic nitrogens is 2. The van der Waals surface area contributed by atoms with E-state index in [0.29, 0.717) is 10.0 Å². The number of nitrogens with zero attached hydrogens (tertiary/aromatic N) is 5. The van der Waals surface area contributed by atoms with Crippen LogP contribution in [0.5, 0.6) is 0 Å². The molecule has 2 saturated heterocycles. The molecule has 3 N–H and O–H groups in total. The third-order valence-electron chi connectivity index (χ3n) is 9.99. The molecule has 50 heavy (non-hydrogen) atoms. The number of benzene rings is 2. The highest BCUT2D eigenvalue weighted by atomic mass is 35.5. The van der Waals surface area contributed by atoms with E-state index in [0.717, 1.165) is 97.1 Å². The number of aliphatic hydroxyl groups is 2. The Morgan fingerprint density at radius 3 is 1.60 bits per heavy atom. The van der Waals surface area contributed by atoms with Crippen molar-refractivity contribution in [1.82, 2.24) is 30.0 Å². The molecule has 2 fully saturated rings. The Bertz CT molecular complexity index is 1870. The summed E-state index contributed by atoms with van der Waals surface area (Å²) in [5.41, 5.74) is 10.4. The molecule has 2 atom stereocenters. The van der Waals surface area contributed by atoms with Gasteiger partial charge in [0.2, 0.25) is 0 Å². The minimum Gasteiger partial charge on any atom is -0.392 e. The van der Waals surface area contributed by atoms with Crippen molar-refractivity contribution in [2.45, 2.75) is 19.5 Å². The number of hydrogen-bond acceptors (Lipinski definition) is 8. The van der Waals surface area contributed by atoms with Crippen LogP contribution >= 0.6 is 23.2 Å². The summed E-state index contributed by atoms with van der Waals surface area (Å²) in [4.78, 5) is 16.8. The first kappa shape index (κ1) is 36.4. The number of pyridine rings is 2. The fourth-order valence-electron chi connectivity index (χ4n) is 7.50. The number of aliphatic hydroxyl groups excluding tert-OH is 2. The fraction of sp³-hybridized carbons (Fsp3) is 0.350. The van der Waals surface area contributed by atoms with Crippen LogP contribution in [0.1, 0.15) is 64.3 Å². The second kappa shape index (κ2) is 16.3. The Hall–Kier alpha value is -3.44. The van der Waals surface area contributed by atoms with Gasteiger partial charge in [0.25, 0.3) is 0 Å². The molecule has 4 heterocycles. The van der Waals surface area contributed by atoms with Crippen molar-refractivity contribution in [3.63, 3.8) is 0 Å². The number of halogens is 2. The van der Waals surface area contributed by atoms with Gasteiger partial charge in [-0.05, 0) is 89.0 Å². The van der Waals surface area contributed by atoms with E-state index in [-0.39, 0.29) is 32.7 Å². The topological polar surface area (TPSA) is 88.0 Å². The SMILES string of the molecule is C.CN1CCN(C2c3ccc(Cl)cc3C=C(CO)c3cccnc32)CC1.OCC1=Cc2cc(Cl)ccc2C(N2CCNCC2)c2ncccc21. The molecular weight excluding hydrogens is 667 g/mol. The molecule has 2 aliphatic carbocycles.